The molecule has 0 amide bonds. The Labute approximate surface area is 143 Å². The summed E-state index contributed by atoms with van der Waals surface area (Å²) in [6.07, 6.45) is 9.14. The Morgan fingerprint density at radius 3 is 2.65 bits per heavy atom. The normalized spacial score (nSPS) is 11.6. The highest BCUT2D eigenvalue weighted by molar-refractivity contribution is 6.31. The number of unbranched alkanes of at least 4 members (excludes halogenated alkanes) is 2. The van der Waals surface area contributed by atoms with Gasteiger partial charge in [0.25, 0.3) is 0 Å². The van der Waals surface area contributed by atoms with E-state index in [1.165, 1.54) is 35.0 Å². The highest BCUT2D eigenvalue weighted by Crippen LogP contribution is 2.23. The van der Waals surface area contributed by atoms with Gasteiger partial charge in [-0.1, -0.05) is 54.1 Å². The summed E-state index contributed by atoms with van der Waals surface area (Å²) in [5.41, 5.74) is 3.92. The van der Waals surface area contributed by atoms with Crippen LogP contribution >= 0.6 is 11.6 Å². The summed E-state index contributed by atoms with van der Waals surface area (Å²) in [5, 5.41) is 2.04. The first-order valence-electron chi connectivity index (χ1n) is 8.19. The van der Waals surface area contributed by atoms with Gasteiger partial charge >= 0.3 is 0 Å². The first kappa shape index (κ1) is 15.9. The molecule has 2 heteroatoms. The largest absolute Gasteiger partial charge is 0.348 e. The van der Waals surface area contributed by atoms with Gasteiger partial charge in [0.2, 0.25) is 0 Å². The SMILES string of the molecule is Cn1c(CCCC/C=C/c2ccccc2)cc2cc(Cl)ccc21. The van der Waals surface area contributed by atoms with Crippen molar-refractivity contribution in [3.8, 4) is 0 Å². The third-order valence-corrected chi connectivity index (χ3v) is 4.50. The minimum absolute atomic E-state index is 0.806. The zero-order chi connectivity index (χ0) is 16.1. The fourth-order valence-corrected chi connectivity index (χ4v) is 3.15. The van der Waals surface area contributed by atoms with Gasteiger partial charge in [0.15, 0.2) is 0 Å². The monoisotopic (exact) mass is 323 g/mol. The number of fused-ring (bicyclic) bond motifs is 1. The summed E-state index contributed by atoms with van der Waals surface area (Å²) < 4.78 is 2.28. The molecular weight excluding hydrogens is 302 g/mol. The van der Waals surface area contributed by atoms with Crippen molar-refractivity contribution in [1.29, 1.82) is 0 Å². The van der Waals surface area contributed by atoms with Crippen LogP contribution in [0, 0.1) is 0 Å². The summed E-state index contributed by atoms with van der Waals surface area (Å²) in [4.78, 5) is 0. The van der Waals surface area contributed by atoms with Crippen molar-refractivity contribution in [2.45, 2.75) is 25.7 Å². The Morgan fingerprint density at radius 2 is 1.83 bits per heavy atom. The molecule has 0 atom stereocenters. The van der Waals surface area contributed by atoms with Crippen LogP contribution in [0.1, 0.15) is 30.5 Å². The molecule has 3 aromatic rings. The van der Waals surface area contributed by atoms with Crippen molar-refractivity contribution >= 4 is 28.6 Å². The molecule has 0 saturated carbocycles. The molecule has 23 heavy (non-hydrogen) atoms. The quantitative estimate of drug-likeness (QED) is 0.472. The Balaban J connectivity index is 1.51. The Bertz CT molecular complexity index is 799. The van der Waals surface area contributed by atoms with Crippen LogP contribution in [0.5, 0.6) is 0 Å². The van der Waals surface area contributed by atoms with Gasteiger partial charge in [-0.25, -0.2) is 0 Å². The maximum atomic E-state index is 6.08. The van der Waals surface area contributed by atoms with Crippen LogP contribution in [0.25, 0.3) is 17.0 Å². The fourth-order valence-electron chi connectivity index (χ4n) is 2.97. The molecule has 1 nitrogen and oxygen atoms in total. The maximum absolute atomic E-state index is 6.08. The lowest BCUT2D eigenvalue weighted by molar-refractivity contribution is 0.712. The van der Waals surface area contributed by atoms with Crippen LogP contribution in [0.3, 0.4) is 0 Å². The first-order valence-corrected chi connectivity index (χ1v) is 8.57. The van der Waals surface area contributed by atoms with E-state index in [1.54, 1.807) is 0 Å². The highest BCUT2D eigenvalue weighted by atomic mass is 35.5. The molecule has 1 aromatic heterocycles. The zero-order valence-corrected chi connectivity index (χ0v) is 14.3. The van der Waals surface area contributed by atoms with E-state index in [-0.39, 0.29) is 0 Å². The first-order chi connectivity index (χ1) is 11.2. The Morgan fingerprint density at radius 1 is 1.00 bits per heavy atom. The minimum atomic E-state index is 0.806. The van der Waals surface area contributed by atoms with E-state index in [1.807, 2.05) is 18.2 Å². The average molecular weight is 324 g/mol. The van der Waals surface area contributed by atoms with Gasteiger partial charge in [-0.2, -0.15) is 0 Å². The van der Waals surface area contributed by atoms with Gasteiger partial charge in [0, 0.05) is 28.7 Å². The molecule has 0 bridgehead atoms. The van der Waals surface area contributed by atoms with E-state index < -0.39 is 0 Å². The van der Waals surface area contributed by atoms with Gasteiger partial charge in [-0.3, -0.25) is 0 Å². The zero-order valence-electron chi connectivity index (χ0n) is 13.5. The average Bonchev–Trinajstić information content (AvgIpc) is 2.87. The Kier molecular flexibility index (Phi) is 5.19. The summed E-state index contributed by atoms with van der Waals surface area (Å²) in [5.74, 6) is 0. The molecule has 0 fully saturated rings. The molecule has 0 aliphatic heterocycles. The summed E-state index contributed by atoms with van der Waals surface area (Å²) in [6.45, 7) is 0. The molecule has 0 aliphatic carbocycles. The van der Waals surface area contributed by atoms with E-state index in [0.717, 1.165) is 17.9 Å². The van der Waals surface area contributed by atoms with Crippen molar-refractivity contribution in [1.82, 2.24) is 4.57 Å². The molecule has 0 saturated heterocycles. The van der Waals surface area contributed by atoms with Crippen LogP contribution in [0.15, 0.2) is 60.7 Å². The second-order valence-electron chi connectivity index (χ2n) is 5.96. The summed E-state index contributed by atoms with van der Waals surface area (Å²) in [7, 11) is 2.14. The topological polar surface area (TPSA) is 4.93 Å². The van der Waals surface area contributed by atoms with Gasteiger partial charge < -0.3 is 4.57 Å². The van der Waals surface area contributed by atoms with Crippen molar-refractivity contribution in [3.63, 3.8) is 0 Å². The van der Waals surface area contributed by atoms with E-state index in [9.17, 15) is 0 Å². The summed E-state index contributed by atoms with van der Waals surface area (Å²) in [6, 6.07) is 18.8. The molecule has 0 spiro atoms. The van der Waals surface area contributed by atoms with E-state index in [4.69, 9.17) is 11.6 Å². The van der Waals surface area contributed by atoms with Gasteiger partial charge in [0.1, 0.15) is 0 Å². The highest BCUT2D eigenvalue weighted by Gasteiger charge is 2.05. The van der Waals surface area contributed by atoms with Crippen LogP contribution in [-0.4, -0.2) is 4.57 Å². The summed E-state index contributed by atoms with van der Waals surface area (Å²) >= 11 is 6.08. The van der Waals surface area contributed by atoms with Crippen molar-refractivity contribution in [2.24, 2.45) is 7.05 Å². The third kappa shape index (κ3) is 4.05. The molecular formula is C21H22ClN. The van der Waals surface area contributed by atoms with Gasteiger partial charge in [-0.15, -0.1) is 0 Å². The van der Waals surface area contributed by atoms with Crippen molar-refractivity contribution in [2.75, 3.05) is 0 Å². The molecule has 3 rings (SSSR count). The molecule has 0 unspecified atom stereocenters. The van der Waals surface area contributed by atoms with Crippen molar-refractivity contribution in [3.05, 3.63) is 77.0 Å². The number of rotatable bonds is 6. The third-order valence-electron chi connectivity index (χ3n) is 4.27. The van der Waals surface area contributed by atoms with Crippen LogP contribution in [0.2, 0.25) is 5.02 Å². The predicted molar refractivity (Wildman–Crippen MR) is 101 cm³/mol. The molecule has 118 valence electrons. The lowest BCUT2D eigenvalue weighted by Crippen LogP contribution is -1.95. The molecule has 0 aliphatic rings. The molecule has 0 N–H and O–H groups in total. The smallest absolute Gasteiger partial charge is 0.0480 e. The van der Waals surface area contributed by atoms with Crippen LogP contribution < -0.4 is 0 Å². The molecule has 1 heterocycles. The van der Waals surface area contributed by atoms with Crippen molar-refractivity contribution < 1.29 is 0 Å². The Hall–Kier alpha value is -1.99. The predicted octanol–water partition coefficient (Wildman–Crippen LogP) is 6.26. The van der Waals surface area contributed by atoms with Gasteiger partial charge in [0.05, 0.1) is 0 Å². The minimum Gasteiger partial charge on any atom is -0.348 e. The number of aromatic nitrogens is 1. The lowest BCUT2D eigenvalue weighted by atomic mass is 10.1. The number of aryl methyl sites for hydroxylation is 2. The fraction of sp³-hybridized carbons (Fsp3) is 0.238. The molecule has 0 radical (unpaired) electrons. The van der Waals surface area contributed by atoms with Crippen LogP contribution in [0.4, 0.5) is 0 Å². The number of halogens is 1. The number of allylic oxidation sites excluding steroid dienone is 1. The second-order valence-corrected chi connectivity index (χ2v) is 6.39. The molecule has 2 aromatic carbocycles. The van der Waals surface area contributed by atoms with E-state index in [0.29, 0.717) is 0 Å². The number of benzene rings is 2. The van der Waals surface area contributed by atoms with E-state index in [2.05, 4.69) is 60.2 Å². The second kappa shape index (κ2) is 7.52. The number of nitrogens with zero attached hydrogens (tertiary/aromatic N) is 1. The lowest BCUT2D eigenvalue weighted by Gasteiger charge is -2.03. The van der Waals surface area contributed by atoms with E-state index >= 15 is 0 Å². The standard InChI is InChI=1S/C21H22ClN/c1-23-20(16-18-15-19(22)13-14-21(18)23)12-8-3-2-5-9-17-10-6-4-7-11-17/h4-7,9-11,13-16H,2-3,8,12H2,1H3/b9-5+. The van der Waals surface area contributed by atoms with Crippen LogP contribution in [-0.2, 0) is 13.5 Å². The van der Waals surface area contributed by atoms with Gasteiger partial charge in [-0.05, 0) is 55.5 Å². The number of hydrogen-bond donors (Lipinski definition) is 0. The number of hydrogen-bond acceptors (Lipinski definition) is 0. The maximum Gasteiger partial charge on any atom is 0.0480 e.